The van der Waals surface area contributed by atoms with Gasteiger partial charge in [-0.1, -0.05) is 0 Å². The number of nitrogens with zero attached hydrogens (tertiary/aromatic N) is 18. The molecule has 19 heterocycles. The third-order valence-electron chi connectivity index (χ3n) is 26.3. The molecule has 142 heavy (non-hydrogen) atoms. The second-order valence-corrected chi connectivity index (χ2v) is 68.9. The highest BCUT2D eigenvalue weighted by Crippen LogP contribution is 2.54. The molecular weight excluding hydrogens is 1970 g/mol. The number of hydrogen-bond acceptors (Lipinski definition) is 35. The van der Waals surface area contributed by atoms with Crippen LogP contribution in [0, 0.1) is 0 Å². The third kappa shape index (κ3) is 23.8. The number of hydrogen-bond donors (Lipinski definition) is 15. The maximum absolute atomic E-state index is 14.6. The van der Waals surface area contributed by atoms with Gasteiger partial charge in [0.2, 0.25) is 5.79 Å². The molecule has 7 aliphatic heterocycles. The number of pyridine rings is 6. The van der Waals surface area contributed by atoms with Gasteiger partial charge in [0.25, 0.3) is 0 Å². The molecule has 7 fully saturated rings. The third-order valence-corrected chi connectivity index (χ3v) is 35.5. The second kappa shape index (κ2) is 42.2. The Hall–Kier alpha value is -8.14. The van der Waals surface area contributed by atoms with E-state index < -0.39 is 180 Å². The highest BCUT2D eigenvalue weighted by atomic mass is 35.5. The number of fused-ring (bicyclic) bond motifs is 8. The fourth-order valence-corrected chi connectivity index (χ4v) is 24.0. The van der Waals surface area contributed by atoms with Gasteiger partial charge in [-0.15, -0.1) is 90.7 Å². The van der Waals surface area contributed by atoms with Crippen LogP contribution in [-0.2, 0) is 38.2 Å². The predicted octanol–water partition coefficient (Wildman–Crippen LogP) is 8.08. The Bertz CT molecular complexity index is 6470. The first kappa shape index (κ1) is 110. The molecule has 2 bridgehead atoms. The number of aliphatic hydroxyl groups excluding tert-OH is 7. The summed E-state index contributed by atoms with van der Waals surface area (Å²) in [5, 5.41) is 94.5. The molecule has 21 N–H and O–H groups in total. The van der Waals surface area contributed by atoms with Gasteiger partial charge in [0.1, 0.15) is 92.4 Å². The predicted molar refractivity (Wildman–Crippen MR) is 575 cm³/mol. The lowest BCUT2D eigenvalue weighted by atomic mass is 9.95. The van der Waals surface area contributed by atoms with Gasteiger partial charge in [-0.2, -0.15) is 4.89 Å². The van der Waals surface area contributed by atoms with Crippen molar-refractivity contribution in [3.05, 3.63) is 112 Å². The van der Waals surface area contributed by atoms with Crippen LogP contribution in [-0.4, -0.2) is 395 Å². The van der Waals surface area contributed by atoms with Crippen LogP contribution in [0.5, 0.6) is 0 Å². The number of rotatable bonds is 24. The van der Waals surface area contributed by atoms with Crippen LogP contribution in [0.25, 0.3) is 67.0 Å². The van der Waals surface area contributed by atoms with Crippen LogP contribution in [0.4, 0.5) is 38.5 Å². The number of aromatic nitrogens is 18. The van der Waals surface area contributed by atoms with Crippen molar-refractivity contribution in [3.8, 4) is 0 Å². The minimum atomic E-state index is -1.54. The van der Waals surface area contributed by atoms with E-state index in [1.807, 2.05) is 6.92 Å². The highest BCUT2D eigenvalue weighted by Gasteiger charge is 2.65. The lowest BCUT2D eigenvalue weighted by molar-refractivity contribution is -0.449. The van der Waals surface area contributed by atoms with E-state index in [9.17, 15) is 50.3 Å². The van der Waals surface area contributed by atoms with E-state index >= 15 is 0 Å². The van der Waals surface area contributed by atoms with Crippen LogP contribution in [0.1, 0.15) is 96.7 Å². The normalized spacial score (nSPS) is 30.5. The molecule has 41 nitrogen and oxygen atoms in total. The Morgan fingerprint density at radius 3 is 0.986 bits per heavy atom. The van der Waals surface area contributed by atoms with Crippen molar-refractivity contribution in [2.45, 2.75) is 204 Å². The van der Waals surface area contributed by atoms with Gasteiger partial charge in [0.15, 0.2) is 83.5 Å². The smallest absolute Gasteiger partial charge is 0.232 e. The van der Waals surface area contributed by atoms with Gasteiger partial charge < -0.3 is 109 Å². The summed E-state index contributed by atoms with van der Waals surface area (Å²) in [4.78, 5) is 61.9. The zero-order chi connectivity index (χ0) is 104. The summed E-state index contributed by atoms with van der Waals surface area (Å²) in [6.07, 6.45) is 37.9. The molecule has 0 aliphatic carbocycles. The highest BCUT2D eigenvalue weighted by molar-refractivity contribution is 7.73. The fraction of sp³-hybridized carbons (Fsp3) is 0.548. The Labute approximate surface area is 829 Å². The van der Waals surface area contributed by atoms with Crippen molar-refractivity contribution >= 4 is 192 Å². The van der Waals surface area contributed by atoms with E-state index in [0.717, 1.165) is 43.4 Å². The van der Waals surface area contributed by atoms with Crippen LogP contribution in [0.3, 0.4) is 0 Å². The maximum Gasteiger partial charge on any atom is 0.232 e. The SMILES string of the molecule is C=P(C)(C)CC[C@@]1(C)OC(n2cnc3c(N)ccnc32)[C@H](O)[C@@H]1O.C=P(C)(C)CC[C@@]12OO[C@@H](C(n3cnc4c(N)ccnc43)O1)[C@@H]2O.C=P(C)(C)CC[C@H]1OC(n2cnc3c(N)ccnc32)[C@@](C)(O)[C@@H]1O.C=P(C)(C)CC[C@H]1OC(n2cnc3c(N)ccnc32)[C@H](Cl)[C@@H]1O.C=P(C)(C)CC[C@H]1OC(n2cnc3c(N)ccnc32)[C@H](F)[C@@H]1O.C=P(C)(C)CC[C@H]1OC(n2cnc3c(N)ccnc32)[C@](C)(O)[C@@H]1O. The number of alkyl halides is 2. The molecule has 0 spiro atoms. The van der Waals surface area contributed by atoms with Crippen molar-refractivity contribution in [2.75, 3.05) is 151 Å². The summed E-state index contributed by atoms with van der Waals surface area (Å²) < 4.78 is 60.4. The first-order chi connectivity index (χ1) is 66.2. The van der Waals surface area contributed by atoms with Crippen molar-refractivity contribution in [1.82, 2.24) is 87.2 Å². The summed E-state index contributed by atoms with van der Waals surface area (Å²) in [6.45, 7) is 23.2. The van der Waals surface area contributed by atoms with Crippen molar-refractivity contribution < 1.29 is 88.5 Å². The molecule has 49 heteroatoms. The summed E-state index contributed by atoms with van der Waals surface area (Å²) in [7, 11) is 0. The lowest BCUT2D eigenvalue weighted by Gasteiger charge is -2.30. The fourth-order valence-electron chi connectivity index (χ4n) is 17.9. The number of halogens is 2. The molecule has 0 saturated carbocycles. The Morgan fingerprint density at radius 2 is 0.641 bits per heavy atom. The van der Waals surface area contributed by atoms with Crippen molar-refractivity contribution in [3.63, 3.8) is 0 Å². The van der Waals surface area contributed by atoms with Gasteiger partial charge >= 0.3 is 0 Å². The number of anilines is 6. The maximum atomic E-state index is 14.6. The van der Waals surface area contributed by atoms with Crippen molar-refractivity contribution in [2.24, 2.45) is 0 Å². The summed E-state index contributed by atoms with van der Waals surface area (Å²) in [5.41, 5.74) is 41.4. The van der Waals surface area contributed by atoms with Crippen molar-refractivity contribution in [1.29, 1.82) is 0 Å². The van der Waals surface area contributed by atoms with E-state index in [4.69, 9.17) is 84.2 Å². The second-order valence-electron chi connectivity index (χ2n) is 42.5. The van der Waals surface area contributed by atoms with E-state index in [1.54, 1.807) is 142 Å². The molecule has 19 rings (SSSR count). The topological polar surface area (TPSA) is 596 Å². The molecule has 7 saturated heterocycles. The molecule has 0 radical (unpaired) electrons. The van der Waals surface area contributed by atoms with Crippen LogP contribution in [0.15, 0.2) is 112 Å². The number of nitrogen functional groups attached to an aromatic ring is 6. The van der Waals surface area contributed by atoms with Crippen LogP contribution < -0.4 is 34.4 Å². The van der Waals surface area contributed by atoms with Gasteiger partial charge in [-0.05, 0) is 206 Å². The van der Waals surface area contributed by atoms with Crippen LogP contribution >= 0.6 is 52.9 Å². The Balaban J connectivity index is 0.000000135. The minimum absolute atomic E-state index is 0.304. The number of nitrogens with two attached hydrogens (primary N) is 6. The largest absolute Gasteiger partial charge is 0.397 e. The van der Waals surface area contributed by atoms with E-state index in [-0.39, 0.29) is 6.10 Å². The van der Waals surface area contributed by atoms with Gasteiger partial charge in [-0.25, -0.2) is 69.1 Å². The first-order valence-corrected chi connectivity index (χ1v) is 65.2. The van der Waals surface area contributed by atoms with Crippen LogP contribution in [0.2, 0.25) is 0 Å². The summed E-state index contributed by atoms with van der Waals surface area (Å²) in [5.74, 6) is -1.17. The number of ether oxygens (including phenoxy) is 6. The zero-order valence-corrected chi connectivity index (χ0v) is 89.0. The van der Waals surface area contributed by atoms with Gasteiger partial charge in [0.05, 0.1) is 102 Å². The van der Waals surface area contributed by atoms with Gasteiger partial charge in [-0.3, -0.25) is 27.4 Å². The molecule has 7 aliphatic rings. The van der Waals surface area contributed by atoms with Gasteiger partial charge in [0, 0.05) is 43.6 Å². The molecule has 6 unspecified atom stereocenters. The molecule has 12 aromatic heterocycles. The standard InChI is InChI=1S/3C16H25N4O3P.C15H22ClN4O2P.C15H22FN4O2P.C15H21N4O4P/c1-16(6-8-24(2,3)4)13(22)12(21)15(23-16)20-9-19-11-10(17)5-7-18-14(11)20;2*1-16(22)13(21)11(6-8-24(2,3)4)23-15(16)20-9-19-12-10(17)5-7-18-14(12)20;2*1-23(2,3)7-5-10-13(21)11(16)15(22-10)20-8-19-12-9(17)4-6-18-14(12)20;1-24(2,3)7-5-15-12(20)11(22-23-15)14(21-15)19-8-18-10-9(16)4-6-17-13(10)19/h5,7,9,12-13,15,21-22H,2,6,8H2,1,3-4H3,(H2,17,18);2*5,7,9,11,13,15,21-22H,2,6,8H2,1,3-4H3,(H2,17,18);2*4,6,8,10-11,13,15,21H,1,5,7H2,2-3H3,(H2,17,18);4,6,8,11-12,14,20H,1,5,7H2,2-3H3,(H2,16,17)/t12-,13+,15?,16-;11-,13-,15?,16+;11-,13-,15?,16-;2*10-,11-,13-,15?;11-,12+,14?,15+/m111111/s1. The zero-order valence-electron chi connectivity index (χ0n) is 82.9. The monoisotopic (exact) mass is 2100 g/mol. The summed E-state index contributed by atoms with van der Waals surface area (Å²) in [6, 6.07) is 10.0. The molecule has 0 amide bonds. The average Bonchev–Trinajstić information content (AvgIpc) is 1.57. The average molecular weight is 2110 g/mol. The quantitative estimate of drug-likeness (QED) is 0.0154. The van der Waals surface area contributed by atoms with E-state index in [2.05, 4.69) is 178 Å². The molecule has 24 atom stereocenters. The van der Waals surface area contributed by atoms with E-state index in [1.165, 1.54) is 10.9 Å². The minimum Gasteiger partial charge on any atom is -0.397 e. The molecule has 0 aromatic carbocycles. The number of aliphatic hydroxyl groups is 9. The molecule has 12 aromatic rings. The Kier molecular flexibility index (Phi) is 32.6. The lowest BCUT2D eigenvalue weighted by Crippen LogP contribution is -2.43. The molecule has 778 valence electrons. The van der Waals surface area contributed by atoms with E-state index in [0.29, 0.717) is 133 Å². The number of imidazole rings is 6. The first-order valence-electron chi connectivity index (χ1n) is 46.5. The summed E-state index contributed by atoms with van der Waals surface area (Å²) >= 11 is 6.42. The Morgan fingerprint density at radius 1 is 0.352 bits per heavy atom. The molecular formula is C93H140ClFN24O17P6.